The molecule has 0 fully saturated rings. The molecule has 7 heteroatoms. The fourth-order valence-corrected chi connectivity index (χ4v) is 2.07. The molecule has 1 aromatic rings. The van der Waals surface area contributed by atoms with E-state index in [0.29, 0.717) is 12.2 Å². The van der Waals surface area contributed by atoms with Crippen molar-refractivity contribution in [2.75, 3.05) is 31.0 Å². The first-order valence-corrected chi connectivity index (χ1v) is 7.02. The number of nitrogens with one attached hydrogen (secondary N) is 2. The summed E-state index contributed by atoms with van der Waals surface area (Å²) in [5.41, 5.74) is 0.284. The lowest BCUT2D eigenvalue weighted by Gasteiger charge is -2.16. The maximum Gasteiger partial charge on any atom is 0.271 e. The first-order valence-electron chi connectivity index (χ1n) is 5.63. The highest BCUT2D eigenvalue weighted by molar-refractivity contribution is 7.98. The van der Waals surface area contributed by atoms with Crippen LogP contribution in [0.4, 0.5) is 5.82 Å². The highest BCUT2D eigenvalue weighted by Gasteiger charge is 2.10. The van der Waals surface area contributed by atoms with E-state index < -0.39 is 0 Å². The van der Waals surface area contributed by atoms with Crippen molar-refractivity contribution in [3.8, 4) is 0 Å². The van der Waals surface area contributed by atoms with Crippen LogP contribution in [-0.4, -0.2) is 52.9 Å². The van der Waals surface area contributed by atoms with Crippen LogP contribution in [0.15, 0.2) is 12.1 Å². The molecule has 1 rings (SSSR count). The molecule has 3 N–H and O–H groups in total. The van der Waals surface area contributed by atoms with E-state index in [1.807, 2.05) is 6.26 Å². The summed E-state index contributed by atoms with van der Waals surface area (Å²) in [7, 11) is 1.55. The lowest BCUT2D eigenvalue weighted by Crippen LogP contribution is -2.25. The Morgan fingerprint density at radius 1 is 1.50 bits per heavy atom. The van der Waals surface area contributed by atoms with Crippen molar-refractivity contribution in [3.05, 3.63) is 17.8 Å². The van der Waals surface area contributed by atoms with Gasteiger partial charge in [-0.3, -0.25) is 4.79 Å². The van der Waals surface area contributed by atoms with Crippen LogP contribution in [-0.2, 0) is 0 Å². The van der Waals surface area contributed by atoms with Gasteiger partial charge in [-0.1, -0.05) is 0 Å². The molecule has 1 aromatic heterocycles. The molecule has 0 radical (unpaired) electrons. The molecule has 1 amide bonds. The van der Waals surface area contributed by atoms with E-state index >= 15 is 0 Å². The summed E-state index contributed by atoms with van der Waals surface area (Å²) in [5.74, 6) is 1.22. The maximum absolute atomic E-state index is 11.3. The molecular formula is C11H18N4O2S. The summed E-state index contributed by atoms with van der Waals surface area (Å²) < 4.78 is 0. The zero-order valence-electron chi connectivity index (χ0n) is 10.5. The molecule has 18 heavy (non-hydrogen) atoms. The van der Waals surface area contributed by atoms with E-state index in [1.165, 1.54) is 0 Å². The van der Waals surface area contributed by atoms with Crippen LogP contribution < -0.4 is 10.6 Å². The third-order valence-corrected chi connectivity index (χ3v) is 3.06. The number of nitrogens with zero attached hydrogens (tertiary/aromatic N) is 2. The molecule has 100 valence electrons. The van der Waals surface area contributed by atoms with Crippen molar-refractivity contribution in [3.63, 3.8) is 0 Å². The van der Waals surface area contributed by atoms with Crippen LogP contribution in [0.2, 0.25) is 0 Å². The van der Waals surface area contributed by atoms with Crippen molar-refractivity contribution >= 4 is 23.5 Å². The largest absolute Gasteiger partial charge is 0.396 e. The minimum absolute atomic E-state index is 0.127. The van der Waals surface area contributed by atoms with Gasteiger partial charge in [0.05, 0.1) is 0 Å². The molecule has 0 aliphatic carbocycles. The minimum Gasteiger partial charge on any atom is -0.396 e. The average Bonchev–Trinajstić information content (AvgIpc) is 2.39. The monoisotopic (exact) mass is 270 g/mol. The molecule has 0 spiro atoms. The second kappa shape index (κ2) is 7.88. The van der Waals surface area contributed by atoms with Gasteiger partial charge in [-0.15, -0.1) is 10.2 Å². The van der Waals surface area contributed by atoms with Crippen molar-refractivity contribution < 1.29 is 9.90 Å². The lowest BCUT2D eigenvalue weighted by atomic mass is 10.2. The van der Waals surface area contributed by atoms with Crippen LogP contribution in [0.3, 0.4) is 0 Å². The van der Waals surface area contributed by atoms with E-state index in [1.54, 1.807) is 30.9 Å². The number of aliphatic hydroxyl groups excluding tert-OH is 1. The Labute approximate surface area is 111 Å². The number of hydrogen-bond acceptors (Lipinski definition) is 6. The maximum atomic E-state index is 11.3. The summed E-state index contributed by atoms with van der Waals surface area (Å²) in [6.07, 6.45) is 2.66. The molecule has 1 unspecified atom stereocenters. The predicted octanol–water partition coefficient (Wildman–Crippen LogP) is 0.362. The smallest absolute Gasteiger partial charge is 0.271 e. The molecule has 0 aliphatic heterocycles. The van der Waals surface area contributed by atoms with E-state index in [0.717, 1.165) is 5.75 Å². The first kappa shape index (κ1) is 14.7. The highest BCUT2D eigenvalue weighted by Crippen LogP contribution is 2.09. The van der Waals surface area contributed by atoms with Gasteiger partial charge in [0.25, 0.3) is 5.91 Å². The van der Waals surface area contributed by atoms with Crippen molar-refractivity contribution in [1.29, 1.82) is 0 Å². The van der Waals surface area contributed by atoms with Gasteiger partial charge in [-0.2, -0.15) is 11.8 Å². The number of amides is 1. The number of aromatic nitrogens is 2. The van der Waals surface area contributed by atoms with Gasteiger partial charge in [0.15, 0.2) is 5.69 Å². The third-order valence-electron chi connectivity index (χ3n) is 2.32. The summed E-state index contributed by atoms with van der Waals surface area (Å²) in [4.78, 5) is 11.3. The third kappa shape index (κ3) is 4.50. The normalized spacial score (nSPS) is 11.9. The number of carbonyl (C=O) groups excluding carboxylic acids is 1. The summed E-state index contributed by atoms with van der Waals surface area (Å²) in [6, 6.07) is 3.47. The van der Waals surface area contributed by atoms with E-state index in [-0.39, 0.29) is 24.2 Å². The van der Waals surface area contributed by atoms with Crippen LogP contribution in [0.5, 0.6) is 0 Å². The Bertz CT molecular complexity index is 366. The second-order valence-corrected chi connectivity index (χ2v) is 4.60. The van der Waals surface area contributed by atoms with Gasteiger partial charge in [0.1, 0.15) is 5.82 Å². The highest BCUT2D eigenvalue weighted by atomic mass is 32.2. The molecule has 0 saturated carbocycles. The Morgan fingerprint density at radius 3 is 2.78 bits per heavy atom. The fourth-order valence-electron chi connectivity index (χ4n) is 1.42. The summed E-state index contributed by atoms with van der Waals surface area (Å²) in [5, 5.41) is 22.4. The number of hydrogen-bond donors (Lipinski definition) is 3. The van der Waals surface area contributed by atoms with Crippen LogP contribution in [0, 0.1) is 0 Å². The summed E-state index contributed by atoms with van der Waals surface area (Å²) >= 11 is 1.69. The lowest BCUT2D eigenvalue weighted by molar-refractivity contribution is 0.0957. The number of rotatable bonds is 7. The van der Waals surface area contributed by atoms with E-state index in [4.69, 9.17) is 5.11 Å². The number of thioether (sulfide) groups is 1. The van der Waals surface area contributed by atoms with Crippen LogP contribution in [0.1, 0.15) is 16.9 Å². The van der Waals surface area contributed by atoms with Gasteiger partial charge in [0.2, 0.25) is 0 Å². The Hall–Kier alpha value is -1.34. The van der Waals surface area contributed by atoms with Crippen LogP contribution >= 0.6 is 11.8 Å². The number of carbonyl (C=O) groups is 1. The fraction of sp³-hybridized carbons (Fsp3) is 0.545. The van der Waals surface area contributed by atoms with Gasteiger partial charge in [-0.05, 0) is 24.8 Å². The van der Waals surface area contributed by atoms with Gasteiger partial charge < -0.3 is 15.7 Å². The molecule has 1 atom stereocenters. The Kier molecular flexibility index (Phi) is 6.45. The summed E-state index contributed by atoms with van der Waals surface area (Å²) in [6.45, 7) is 0.127. The number of anilines is 1. The zero-order chi connectivity index (χ0) is 13.4. The standard InChI is InChI=1S/C11H18N4O2S/c1-12-11(17)9-3-4-10(15-14-9)13-8(5-6-16)7-18-2/h3-4,8,16H,5-7H2,1-2H3,(H,12,17)(H,13,15). The van der Waals surface area contributed by atoms with Gasteiger partial charge in [-0.25, -0.2) is 0 Å². The SMILES string of the molecule is CNC(=O)c1ccc(NC(CCO)CSC)nn1. The minimum atomic E-state index is -0.259. The Morgan fingerprint density at radius 2 is 2.28 bits per heavy atom. The molecule has 0 bridgehead atoms. The molecule has 6 nitrogen and oxygen atoms in total. The number of aliphatic hydroxyl groups is 1. The van der Waals surface area contributed by atoms with Crippen molar-refractivity contribution in [2.45, 2.75) is 12.5 Å². The van der Waals surface area contributed by atoms with Crippen LogP contribution in [0.25, 0.3) is 0 Å². The van der Waals surface area contributed by atoms with E-state index in [2.05, 4.69) is 20.8 Å². The topological polar surface area (TPSA) is 87.1 Å². The Balaban J connectivity index is 2.63. The molecule has 0 saturated heterocycles. The van der Waals surface area contributed by atoms with Gasteiger partial charge in [0, 0.05) is 25.4 Å². The zero-order valence-corrected chi connectivity index (χ0v) is 11.3. The predicted molar refractivity (Wildman–Crippen MR) is 72.9 cm³/mol. The van der Waals surface area contributed by atoms with Gasteiger partial charge >= 0.3 is 0 Å². The average molecular weight is 270 g/mol. The first-order chi connectivity index (χ1) is 8.71. The van der Waals surface area contributed by atoms with Crippen molar-refractivity contribution in [1.82, 2.24) is 15.5 Å². The second-order valence-electron chi connectivity index (χ2n) is 3.69. The molecule has 0 aliphatic rings. The molecular weight excluding hydrogens is 252 g/mol. The van der Waals surface area contributed by atoms with E-state index in [9.17, 15) is 4.79 Å². The quantitative estimate of drug-likeness (QED) is 0.663. The molecule has 0 aromatic carbocycles. The molecule has 1 heterocycles. The van der Waals surface area contributed by atoms with Crippen molar-refractivity contribution in [2.24, 2.45) is 0 Å².